The number of halogens is 2. The number of piperidine rings is 1. The number of rotatable bonds is 5. The van der Waals surface area contributed by atoms with E-state index in [0.29, 0.717) is 18.8 Å². The molecule has 1 amide bonds. The first kappa shape index (κ1) is 20.0. The number of carbonyl (C=O) groups excluding carboxylic acids is 1. The molecule has 0 unspecified atom stereocenters. The van der Waals surface area contributed by atoms with Crippen LogP contribution in [0.4, 0.5) is 11.5 Å². The van der Waals surface area contributed by atoms with Crippen molar-refractivity contribution >= 4 is 42.2 Å². The minimum atomic E-state index is -0.00688. The lowest BCUT2D eigenvalue weighted by molar-refractivity contribution is -0.116. The number of hydrogen-bond donors (Lipinski definition) is 2. The molecule has 21 heavy (non-hydrogen) atoms. The zero-order chi connectivity index (χ0) is 13.5. The Morgan fingerprint density at radius 1 is 1.24 bits per heavy atom. The highest BCUT2D eigenvalue weighted by molar-refractivity contribution is 5.89. The number of carbonyl (C=O) groups is 1. The third-order valence-corrected chi connectivity index (χ3v) is 3.34. The van der Waals surface area contributed by atoms with Crippen LogP contribution < -0.4 is 15.5 Å². The van der Waals surface area contributed by atoms with Crippen molar-refractivity contribution in [2.24, 2.45) is 0 Å². The molecule has 1 aromatic rings. The Bertz CT molecular complexity index is 408. The van der Waals surface area contributed by atoms with E-state index in [2.05, 4.69) is 20.5 Å². The highest BCUT2D eigenvalue weighted by atomic mass is 35.5. The van der Waals surface area contributed by atoms with E-state index >= 15 is 0 Å². The van der Waals surface area contributed by atoms with Crippen LogP contribution in [0.1, 0.15) is 25.7 Å². The van der Waals surface area contributed by atoms with Gasteiger partial charge in [-0.1, -0.05) is 0 Å². The summed E-state index contributed by atoms with van der Waals surface area (Å²) in [5.74, 6) is 0.620. The van der Waals surface area contributed by atoms with Crippen molar-refractivity contribution in [1.29, 1.82) is 0 Å². The average molecular weight is 335 g/mol. The fraction of sp³-hybridized carbons (Fsp3) is 0.571. The van der Waals surface area contributed by atoms with Gasteiger partial charge in [0.25, 0.3) is 0 Å². The van der Waals surface area contributed by atoms with Gasteiger partial charge < -0.3 is 15.5 Å². The van der Waals surface area contributed by atoms with Crippen LogP contribution in [-0.4, -0.2) is 37.6 Å². The molecule has 2 heterocycles. The van der Waals surface area contributed by atoms with Gasteiger partial charge in [0.15, 0.2) is 0 Å². The Hall–Kier alpha value is -1.04. The van der Waals surface area contributed by atoms with E-state index in [9.17, 15) is 4.79 Å². The number of amides is 1. The van der Waals surface area contributed by atoms with Gasteiger partial charge in [-0.25, -0.2) is 4.98 Å². The predicted molar refractivity (Wildman–Crippen MR) is 92.0 cm³/mol. The van der Waals surface area contributed by atoms with Crippen LogP contribution in [0.3, 0.4) is 0 Å². The van der Waals surface area contributed by atoms with Crippen LogP contribution in [0, 0.1) is 0 Å². The maximum absolute atomic E-state index is 11.6. The average Bonchev–Trinajstić information content (AvgIpc) is 2.47. The Kier molecular flexibility index (Phi) is 10.1. The van der Waals surface area contributed by atoms with Crippen molar-refractivity contribution < 1.29 is 4.79 Å². The Morgan fingerprint density at radius 3 is 2.52 bits per heavy atom. The van der Waals surface area contributed by atoms with E-state index in [1.54, 1.807) is 0 Å². The Morgan fingerprint density at radius 2 is 1.95 bits per heavy atom. The molecule has 1 fully saturated rings. The highest BCUT2D eigenvalue weighted by Gasteiger charge is 2.11. The number of anilines is 2. The van der Waals surface area contributed by atoms with E-state index in [4.69, 9.17) is 0 Å². The van der Waals surface area contributed by atoms with Gasteiger partial charge in [0.1, 0.15) is 5.82 Å². The molecule has 0 atom stereocenters. The Balaban J connectivity index is 0.00000200. The van der Waals surface area contributed by atoms with Gasteiger partial charge in [0, 0.05) is 26.1 Å². The second-order valence-corrected chi connectivity index (χ2v) is 4.85. The predicted octanol–water partition coefficient (Wildman–Crippen LogP) is 2.46. The lowest BCUT2D eigenvalue weighted by Gasteiger charge is -2.28. The first-order valence-corrected chi connectivity index (χ1v) is 6.95. The maximum Gasteiger partial charge on any atom is 0.226 e. The summed E-state index contributed by atoms with van der Waals surface area (Å²) in [6, 6.07) is 3.91. The molecule has 5 nitrogen and oxygen atoms in total. The molecule has 0 saturated carbocycles. The highest BCUT2D eigenvalue weighted by Crippen LogP contribution is 2.19. The summed E-state index contributed by atoms with van der Waals surface area (Å²) >= 11 is 0. The van der Waals surface area contributed by atoms with Crippen LogP contribution in [-0.2, 0) is 4.79 Å². The number of pyridine rings is 1. The molecule has 0 bridgehead atoms. The normalized spacial score (nSPS) is 13.9. The van der Waals surface area contributed by atoms with Crippen LogP contribution in [0.25, 0.3) is 0 Å². The Labute approximate surface area is 138 Å². The summed E-state index contributed by atoms with van der Waals surface area (Å²) < 4.78 is 0. The lowest BCUT2D eigenvalue weighted by atomic mass is 10.1. The fourth-order valence-electron chi connectivity index (χ4n) is 2.24. The molecule has 0 aromatic carbocycles. The SMILES string of the molecule is CNCCC(=O)Nc1ccc(N2CCCCC2)cn1.Cl.Cl. The summed E-state index contributed by atoms with van der Waals surface area (Å²) in [6.45, 7) is 2.89. The molecule has 7 heteroatoms. The molecule has 0 aliphatic carbocycles. The van der Waals surface area contributed by atoms with E-state index in [0.717, 1.165) is 18.8 Å². The number of aromatic nitrogens is 1. The first-order chi connectivity index (χ1) is 9.29. The molecule has 1 aliphatic rings. The van der Waals surface area contributed by atoms with Crippen LogP contribution in [0.15, 0.2) is 18.3 Å². The second kappa shape index (κ2) is 10.7. The fourth-order valence-corrected chi connectivity index (χ4v) is 2.24. The maximum atomic E-state index is 11.6. The van der Waals surface area contributed by atoms with Gasteiger partial charge in [-0.15, -0.1) is 24.8 Å². The van der Waals surface area contributed by atoms with E-state index in [1.165, 1.54) is 19.3 Å². The van der Waals surface area contributed by atoms with E-state index in [-0.39, 0.29) is 30.7 Å². The minimum Gasteiger partial charge on any atom is -0.370 e. The van der Waals surface area contributed by atoms with Gasteiger partial charge in [-0.2, -0.15) is 0 Å². The van der Waals surface area contributed by atoms with E-state index in [1.807, 2.05) is 25.4 Å². The van der Waals surface area contributed by atoms with Crippen molar-refractivity contribution in [3.8, 4) is 0 Å². The molecule has 120 valence electrons. The van der Waals surface area contributed by atoms with Gasteiger partial charge in [-0.05, 0) is 38.4 Å². The molecular weight excluding hydrogens is 311 g/mol. The van der Waals surface area contributed by atoms with Crippen molar-refractivity contribution in [3.05, 3.63) is 18.3 Å². The monoisotopic (exact) mass is 334 g/mol. The molecule has 1 aromatic heterocycles. The summed E-state index contributed by atoms with van der Waals surface area (Å²) in [7, 11) is 1.83. The van der Waals surface area contributed by atoms with Crippen molar-refractivity contribution in [1.82, 2.24) is 10.3 Å². The molecule has 2 rings (SSSR count). The number of hydrogen-bond acceptors (Lipinski definition) is 4. The number of nitrogens with zero attached hydrogens (tertiary/aromatic N) is 2. The van der Waals surface area contributed by atoms with Gasteiger partial charge in [-0.3, -0.25) is 4.79 Å². The van der Waals surface area contributed by atoms with Crippen LogP contribution in [0.5, 0.6) is 0 Å². The van der Waals surface area contributed by atoms with Crippen molar-refractivity contribution in [2.75, 3.05) is 36.9 Å². The van der Waals surface area contributed by atoms with Crippen molar-refractivity contribution in [2.45, 2.75) is 25.7 Å². The lowest BCUT2D eigenvalue weighted by Crippen LogP contribution is -2.29. The third kappa shape index (κ3) is 6.50. The summed E-state index contributed by atoms with van der Waals surface area (Å²) in [6.07, 6.45) is 6.14. The van der Waals surface area contributed by atoms with Gasteiger partial charge >= 0.3 is 0 Å². The summed E-state index contributed by atoms with van der Waals surface area (Å²) in [4.78, 5) is 18.2. The molecule has 2 N–H and O–H groups in total. The molecule has 1 aliphatic heterocycles. The molecule has 0 spiro atoms. The smallest absolute Gasteiger partial charge is 0.226 e. The topological polar surface area (TPSA) is 57.3 Å². The molecule has 0 radical (unpaired) electrons. The van der Waals surface area contributed by atoms with Crippen LogP contribution in [0.2, 0.25) is 0 Å². The largest absolute Gasteiger partial charge is 0.370 e. The molecule has 1 saturated heterocycles. The quantitative estimate of drug-likeness (QED) is 0.868. The summed E-state index contributed by atoms with van der Waals surface area (Å²) in [5.41, 5.74) is 1.15. The minimum absolute atomic E-state index is 0. The van der Waals surface area contributed by atoms with E-state index < -0.39 is 0 Å². The molecular formula is C14H24Cl2N4O. The second-order valence-electron chi connectivity index (χ2n) is 4.85. The van der Waals surface area contributed by atoms with Gasteiger partial charge in [0.2, 0.25) is 5.91 Å². The summed E-state index contributed by atoms with van der Waals surface area (Å²) in [5, 5.41) is 5.75. The third-order valence-electron chi connectivity index (χ3n) is 3.34. The standard InChI is InChI=1S/C14H22N4O.2ClH/c1-15-8-7-14(19)17-13-6-5-12(11-16-13)18-9-3-2-4-10-18;;/h5-6,11,15H,2-4,7-10H2,1H3,(H,16,17,19);2*1H. The zero-order valence-corrected chi connectivity index (χ0v) is 13.9. The zero-order valence-electron chi connectivity index (χ0n) is 12.3. The number of nitrogens with one attached hydrogen (secondary N) is 2. The van der Waals surface area contributed by atoms with Crippen molar-refractivity contribution in [3.63, 3.8) is 0 Å². The van der Waals surface area contributed by atoms with Gasteiger partial charge in [0.05, 0.1) is 11.9 Å². The first-order valence-electron chi connectivity index (χ1n) is 6.95. The van der Waals surface area contributed by atoms with Crippen LogP contribution >= 0.6 is 24.8 Å².